The molecule has 0 spiro atoms. The van der Waals surface area contributed by atoms with E-state index in [0.29, 0.717) is 28.3 Å². The van der Waals surface area contributed by atoms with Crippen LogP contribution in [0, 0.1) is 20.8 Å². The fourth-order valence-electron chi connectivity index (χ4n) is 4.69. The number of anilines is 1. The first-order valence-corrected chi connectivity index (χ1v) is 11.9. The van der Waals surface area contributed by atoms with Gasteiger partial charge in [-0.1, -0.05) is 29.8 Å². The van der Waals surface area contributed by atoms with Gasteiger partial charge in [-0.2, -0.15) is 0 Å². The number of hydrogen-bond acceptors (Lipinski definition) is 5. The van der Waals surface area contributed by atoms with Gasteiger partial charge in [-0.25, -0.2) is 0 Å². The molecule has 6 nitrogen and oxygen atoms in total. The molecule has 6 heteroatoms. The van der Waals surface area contributed by atoms with Gasteiger partial charge in [0.15, 0.2) is 0 Å². The third kappa shape index (κ3) is 4.71. The summed E-state index contributed by atoms with van der Waals surface area (Å²) >= 11 is 0. The molecule has 186 valence electrons. The van der Waals surface area contributed by atoms with Gasteiger partial charge in [0.1, 0.15) is 17.3 Å². The standard InChI is InChI=1S/C30H31NO5/c1-17(2)36-23-9-7-8-21(16-23)27-26(28(32)24-15-18(3)10-11-25(24)35-6)29(33)30(34)31(27)22-13-19(4)12-20(5)14-22/h7-17,27,32H,1-6H3/b28-26+. The van der Waals surface area contributed by atoms with Crippen molar-refractivity contribution in [2.24, 2.45) is 0 Å². The minimum Gasteiger partial charge on any atom is -0.507 e. The predicted molar refractivity (Wildman–Crippen MR) is 141 cm³/mol. The molecule has 0 aromatic heterocycles. The second-order valence-electron chi connectivity index (χ2n) is 9.46. The summed E-state index contributed by atoms with van der Waals surface area (Å²) in [6.07, 6.45) is -0.0532. The summed E-state index contributed by atoms with van der Waals surface area (Å²) in [5, 5.41) is 11.5. The smallest absolute Gasteiger partial charge is 0.300 e. The van der Waals surface area contributed by atoms with E-state index in [4.69, 9.17) is 9.47 Å². The number of carbonyl (C=O) groups excluding carboxylic acids is 2. The van der Waals surface area contributed by atoms with Gasteiger partial charge in [-0.3, -0.25) is 14.5 Å². The molecular weight excluding hydrogens is 454 g/mol. The number of carbonyl (C=O) groups is 2. The second kappa shape index (κ2) is 9.90. The lowest BCUT2D eigenvalue weighted by Gasteiger charge is -2.26. The van der Waals surface area contributed by atoms with Crippen LogP contribution in [0.1, 0.15) is 47.7 Å². The zero-order chi connectivity index (χ0) is 26.1. The molecule has 3 aromatic rings. The Bertz CT molecular complexity index is 1350. The number of amides is 1. The van der Waals surface area contributed by atoms with E-state index in [1.807, 2.05) is 83.1 Å². The summed E-state index contributed by atoms with van der Waals surface area (Å²) in [5.41, 5.74) is 4.40. The highest BCUT2D eigenvalue weighted by atomic mass is 16.5. The highest BCUT2D eigenvalue weighted by Gasteiger charge is 2.47. The minimum atomic E-state index is -0.855. The lowest BCUT2D eigenvalue weighted by Crippen LogP contribution is -2.29. The quantitative estimate of drug-likeness (QED) is 0.262. The highest BCUT2D eigenvalue weighted by molar-refractivity contribution is 6.51. The predicted octanol–water partition coefficient (Wildman–Crippen LogP) is 6.03. The monoisotopic (exact) mass is 485 g/mol. The number of benzene rings is 3. The molecule has 3 aromatic carbocycles. The zero-order valence-electron chi connectivity index (χ0n) is 21.5. The van der Waals surface area contributed by atoms with Crippen LogP contribution >= 0.6 is 0 Å². The molecule has 1 heterocycles. The van der Waals surface area contributed by atoms with Crippen molar-refractivity contribution >= 4 is 23.1 Å². The molecule has 1 aliphatic rings. The molecule has 0 bridgehead atoms. The van der Waals surface area contributed by atoms with E-state index in [-0.39, 0.29) is 17.4 Å². The van der Waals surface area contributed by atoms with Gasteiger partial charge in [-0.05, 0) is 87.7 Å². The Morgan fingerprint density at radius 3 is 2.25 bits per heavy atom. The van der Waals surface area contributed by atoms with Gasteiger partial charge in [-0.15, -0.1) is 0 Å². The summed E-state index contributed by atoms with van der Waals surface area (Å²) in [7, 11) is 1.50. The summed E-state index contributed by atoms with van der Waals surface area (Å²) in [5.74, 6) is -0.710. The Hall–Kier alpha value is -4.06. The normalized spacial score (nSPS) is 17.1. The van der Waals surface area contributed by atoms with Crippen LogP contribution in [-0.4, -0.2) is 30.0 Å². The number of methoxy groups -OCH3 is 1. The van der Waals surface area contributed by atoms with Gasteiger partial charge in [0.25, 0.3) is 11.7 Å². The minimum absolute atomic E-state index is 0.00440. The number of ether oxygens (including phenoxy) is 2. The van der Waals surface area contributed by atoms with Crippen molar-refractivity contribution in [1.29, 1.82) is 0 Å². The summed E-state index contributed by atoms with van der Waals surface area (Å²) in [4.78, 5) is 28.5. The van der Waals surface area contributed by atoms with Crippen LogP contribution in [0.4, 0.5) is 5.69 Å². The average Bonchev–Trinajstić information content (AvgIpc) is 3.08. The van der Waals surface area contributed by atoms with Crippen LogP contribution in [0.2, 0.25) is 0 Å². The third-order valence-corrected chi connectivity index (χ3v) is 6.08. The molecule has 1 N–H and O–H groups in total. The Kier molecular flexibility index (Phi) is 6.88. The van der Waals surface area contributed by atoms with Crippen LogP contribution in [-0.2, 0) is 9.59 Å². The molecule has 1 aliphatic heterocycles. The Labute approximate surface area is 211 Å². The Balaban J connectivity index is 2.00. The number of ketones is 1. The fraction of sp³-hybridized carbons (Fsp3) is 0.267. The lowest BCUT2D eigenvalue weighted by molar-refractivity contribution is -0.132. The number of rotatable bonds is 6. The first-order chi connectivity index (χ1) is 17.1. The molecule has 0 aliphatic carbocycles. The first-order valence-electron chi connectivity index (χ1n) is 11.9. The summed E-state index contributed by atoms with van der Waals surface area (Å²) in [6, 6.07) is 17.5. The molecule has 1 unspecified atom stereocenters. The summed E-state index contributed by atoms with van der Waals surface area (Å²) < 4.78 is 11.4. The largest absolute Gasteiger partial charge is 0.507 e. The average molecular weight is 486 g/mol. The molecular formula is C30H31NO5. The summed E-state index contributed by atoms with van der Waals surface area (Å²) in [6.45, 7) is 9.62. The van der Waals surface area contributed by atoms with Crippen LogP contribution in [0.3, 0.4) is 0 Å². The van der Waals surface area contributed by atoms with E-state index in [0.717, 1.165) is 16.7 Å². The molecule has 1 fully saturated rings. The maximum atomic E-state index is 13.5. The SMILES string of the molecule is COc1ccc(C)cc1/C(O)=C1\C(=O)C(=O)N(c2cc(C)cc(C)c2)C1c1cccc(OC(C)C)c1. The number of nitrogens with zero attached hydrogens (tertiary/aromatic N) is 1. The number of aliphatic hydroxyl groups is 1. The molecule has 4 rings (SSSR count). The van der Waals surface area contributed by atoms with E-state index in [1.54, 1.807) is 12.1 Å². The molecule has 0 radical (unpaired) electrons. The molecule has 1 atom stereocenters. The van der Waals surface area contributed by atoms with E-state index in [9.17, 15) is 14.7 Å². The van der Waals surface area contributed by atoms with Crippen molar-refractivity contribution in [3.63, 3.8) is 0 Å². The van der Waals surface area contributed by atoms with Gasteiger partial charge >= 0.3 is 0 Å². The maximum absolute atomic E-state index is 13.5. The van der Waals surface area contributed by atoms with Crippen molar-refractivity contribution in [3.8, 4) is 11.5 Å². The number of hydrogen-bond donors (Lipinski definition) is 1. The maximum Gasteiger partial charge on any atom is 0.300 e. The molecule has 36 heavy (non-hydrogen) atoms. The van der Waals surface area contributed by atoms with Crippen LogP contribution in [0.25, 0.3) is 5.76 Å². The second-order valence-corrected chi connectivity index (χ2v) is 9.46. The zero-order valence-corrected chi connectivity index (χ0v) is 21.5. The molecule has 1 amide bonds. The van der Waals surface area contributed by atoms with Crippen LogP contribution in [0.5, 0.6) is 11.5 Å². The van der Waals surface area contributed by atoms with Crippen molar-refractivity contribution in [1.82, 2.24) is 0 Å². The highest BCUT2D eigenvalue weighted by Crippen LogP contribution is 2.44. The van der Waals surface area contributed by atoms with Crippen molar-refractivity contribution in [2.75, 3.05) is 12.0 Å². The van der Waals surface area contributed by atoms with Gasteiger partial charge in [0.2, 0.25) is 0 Å². The van der Waals surface area contributed by atoms with E-state index in [1.165, 1.54) is 12.0 Å². The van der Waals surface area contributed by atoms with Crippen LogP contribution < -0.4 is 14.4 Å². The third-order valence-electron chi connectivity index (χ3n) is 6.08. The molecule has 1 saturated heterocycles. The van der Waals surface area contributed by atoms with Gasteiger partial charge in [0, 0.05) is 5.69 Å². The van der Waals surface area contributed by atoms with Gasteiger partial charge < -0.3 is 14.6 Å². The van der Waals surface area contributed by atoms with E-state index >= 15 is 0 Å². The number of aliphatic hydroxyl groups excluding tert-OH is 1. The van der Waals surface area contributed by atoms with E-state index < -0.39 is 17.7 Å². The number of aryl methyl sites for hydroxylation is 3. The lowest BCUT2D eigenvalue weighted by atomic mass is 9.94. The van der Waals surface area contributed by atoms with Crippen molar-refractivity contribution < 1.29 is 24.2 Å². The van der Waals surface area contributed by atoms with Crippen molar-refractivity contribution in [2.45, 2.75) is 46.8 Å². The topological polar surface area (TPSA) is 76.1 Å². The Morgan fingerprint density at radius 2 is 1.61 bits per heavy atom. The number of Topliss-reactive ketones (excluding diaryl/α,β-unsaturated/α-hetero) is 1. The molecule has 0 saturated carbocycles. The van der Waals surface area contributed by atoms with Crippen molar-refractivity contribution in [3.05, 3.63) is 94.1 Å². The van der Waals surface area contributed by atoms with Gasteiger partial charge in [0.05, 0.1) is 30.4 Å². The van der Waals surface area contributed by atoms with E-state index in [2.05, 4.69) is 0 Å². The Morgan fingerprint density at radius 1 is 0.917 bits per heavy atom. The van der Waals surface area contributed by atoms with Crippen LogP contribution in [0.15, 0.2) is 66.2 Å². The fourth-order valence-corrected chi connectivity index (χ4v) is 4.69. The first kappa shape index (κ1) is 25.0.